The molecule has 0 bridgehead atoms. The van der Waals surface area contributed by atoms with E-state index in [-0.39, 0.29) is 11.0 Å². The number of rotatable bonds is 3. The highest BCUT2D eigenvalue weighted by Crippen LogP contribution is 2.23. The second kappa shape index (κ2) is 5.40. The zero-order chi connectivity index (χ0) is 13.2. The normalized spacial score (nSPS) is 22.3. The van der Waals surface area contributed by atoms with Crippen LogP contribution in [0.4, 0.5) is 0 Å². The Morgan fingerprint density at radius 1 is 1.05 bits per heavy atom. The molecule has 0 saturated carbocycles. The maximum atomic E-state index is 6.18. The second-order valence-electron chi connectivity index (χ2n) is 4.64. The van der Waals surface area contributed by atoms with Gasteiger partial charge in [-0.2, -0.15) is 0 Å². The number of aliphatic imine (C=N–C) groups is 1. The molecule has 2 nitrogen and oxygen atoms in total. The van der Waals surface area contributed by atoms with E-state index in [1.807, 2.05) is 4.90 Å². The summed E-state index contributed by atoms with van der Waals surface area (Å²) >= 11 is 12.1. The fourth-order valence-electron chi connectivity index (χ4n) is 2.38. The zero-order valence-electron chi connectivity index (χ0n) is 10.3. The number of hydrogen-bond donors (Lipinski definition) is 0. The van der Waals surface area contributed by atoms with Gasteiger partial charge in [0.2, 0.25) is 0 Å². The molecule has 19 heavy (non-hydrogen) atoms. The molecule has 0 amide bonds. The maximum Gasteiger partial charge on any atom is 0.159 e. The van der Waals surface area contributed by atoms with Gasteiger partial charge < -0.3 is 4.90 Å². The van der Waals surface area contributed by atoms with Crippen LogP contribution >= 0.6 is 23.2 Å². The Labute approximate surface area is 122 Å². The largest absolute Gasteiger partial charge is 0.343 e. The highest BCUT2D eigenvalue weighted by molar-refractivity contribution is 6.31. The molecule has 0 aliphatic carbocycles. The fraction of sp³-hybridized carbons (Fsp3) is 0.267. The molecule has 0 N–H and O–H groups in total. The number of halogens is 2. The summed E-state index contributed by atoms with van der Waals surface area (Å²) in [6.07, 6.45) is 2.68. The van der Waals surface area contributed by atoms with Crippen LogP contribution in [0.1, 0.15) is 5.56 Å². The van der Waals surface area contributed by atoms with E-state index in [0.29, 0.717) is 0 Å². The van der Waals surface area contributed by atoms with Crippen molar-refractivity contribution in [3.8, 4) is 0 Å². The molecular formula is C15H14Cl2N2. The third-order valence-corrected chi connectivity index (χ3v) is 4.39. The average molecular weight is 293 g/mol. The minimum Gasteiger partial charge on any atom is -0.343 e. The van der Waals surface area contributed by atoms with Gasteiger partial charge in [-0.15, -0.1) is 0 Å². The molecule has 0 spiro atoms. The Balaban J connectivity index is 1.77. The van der Waals surface area contributed by atoms with Crippen LogP contribution < -0.4 is 0 Å². The van der Waals surface area contributed by atoms with Crippen LogP contribution in [-0.2, 0) is 6.42 Å². The van der Waals surface area contributed by atoms with Crippen molar-refractivity contribution in [3.05, 3.63) is 48.0 Å². The van der Waals surface area contributed by atoms with E-state index in [2.05, 4.69) is 47.5 Å². The van der Waals surface area contributed by atoms with E-state index in [4.69, 9.17) is 23.2 Å². The molecule has 0 aromatic heterocycles. The molecule has 0 fully saturated rings. The Morgan fingerprint density at radius 3 is 2.63 bits per heavy atom. The van der Waals surface area contributed by atoms with Crippen LogP contribution in [0.3, 0.4) is 0 Å². The topological polar surface area (TPSA) is 15.6 Å². The minimum atomic E-state index is -0.339. The van der Waals surface area contributed by atoms with Gasteiger partial charge >= 0.3 is 0 Å². The molecule has 0 saturated heterocycles. The van der Waals surface area contributed by atoms with E-state index in [1.165, 1.54) is 16.3 Å². The van der Waals surface area contributed by atoms with Crippen molar-refractivity contribution < 1.29 is 0 Å². The predicted octanol–water partition coefficient (Wildman–Crippen LogP) is 3.86. The van der Waals surface area contributed by atoms with E-state index in [1.54, 1.807) is 6.34 Å². The lowest BCUT2D eigenvalue weighted by Crippen LogP contribution is -2.31. The summed E-state index contributed by atoms with van der Waals surface area (Å²) in [5, 5.41) is 2.57. The molecule has 0 radical (unpaired) electrons. The third kappa shape index (κ3) is 2.56. The number of benzene rings is 2. The van der Waals surface area contributed by atoms with Gasteiger partial charge in [0.1, 0.15) is 5.50 Å². The molecule has 1 aliphatic rings. The van der Waals surface area contributed by atoms with E-state index in [9.17, 15) is 0 Å². The van der Waals surface area contributed by atoms with Crippen LogP contribution in [0.2, 0.25) is 0 Å². The second-order valence-corrected chi connectivity index (χ2v) is 5.53. The summed E-state index contributed by atoms with van der Waals surface area (Å²) in [6.45, 7) is 0.828. The smallest absolute Gasteiger partial charge is 0.159 e. The molecule has 2 atom stereocenters. The van der Waals surface area contributed by atoms with Gasteiger partial charge in [-0.3, -0.25) is 4.99 Å². The molecule has 2 unspecified atom stereocenters. The van der Waals surface area contributed by atoms with Crippen molar-refractivity contribution >= 4 is 40.3 Å². The molecular weight excluding hydrogens is 279 g/mol. The summed E-state index contributed by atoms with van der Waals surface area (Å²) < 4.78 is 0. The van der Waals surface area contributed by atoms with Crippen LogP contribution in [-0.4, -0.2) is 28.8 Å². The Hall–Kier alpha value is -1.25. The molecule has 2 aromatic rings. The highest BCUT2D eigenvalue weighted by Gasteiger charge is 2.26. The third-order valence-electron chi connectivity index (χ3n) is 3.42. The first-order chi connectivity index (χ1) is 9.25. The van der Waals surface area contributed by atoms with Crippen LogP contribution in [0.5, 0.6) is 0 Å². The van der Waals surface area contributed by atoms with Crippen molar-refractivity contribution in [2.45, 2.75) is 17.4 Å². The lowest BCUT2D eigenvalue weighted by molar-refractivity contribution is 0.426. The predicted molar refractivity (Wildman–Crippen MR) is 82.1 cm³/mol. The van der Waals surface area contributed by atoms with Gasteiger partial charge in [0.25, 0.3) is 0 Å². The first kappa shape index (κ1) is 12.8. The van der Waals surface area contributed by atoms with E-state index >= 15 is 0 Å². The standard InChI is InChI=1S/C15H14Cl2N2/c16-14-15(17)19(10-18-14)9-8-12-6-3-5-11-4-1-2-7-13(11)12/h1-7,10,14-15H,8-9H2. The van der Waals surface area contributed by atoms with Gasteiger partial charge in [-0.25, -0.2) is 0 Å². The quantitative estimate of drug-likeness (QED) is 0.620. The van der Waals surface area contributed by atoms with Crippen molar-refractivity contribution in [2.24, 2.45) is 4.99 Å². The van der Waals surface area contributed by atoms with E-state index in [0.717, 1.165) is 13.0 Å². The van der Waals surface area contributed by atoms with Crippen molar-refractivity contribution in [3.63, 3.8) is 0 Å². The number of fused-ring (bicyclic) bond motifs is 1. The van der Waals surface area contributed by atoms with Crippen molar-refractivity contribution in [1.29, 1.82) is 0 Å². The monoisotopic (exact) mass is 292 g/mol. The highest BCUT2D eigenvalue weighted by atomic mass is 35.5. The number of alkyl halides is 2. The number of hydrogen-bond acceptors (Lipinski definition) is 2. The Morgan fingerprint density at radius 2 is 1.84 bits per heavy atom. The summed E-state index contributed by atoms with van der Waals surface area (Å²) in [4.78, 5) is 6.09. The van der Waals surface area contributed by atoms with Crippen molar-refractivity contribution in [2.75, 3.05) is 6.54 Å². The fourth-order valence-corrected chi connectivity index (χ4v) is 2.79. The Kier molecular flexibility index (Phi) is 3.63. The van der Waals surface area contributed by atoms with Gasteiger partial charge in [0.05, 0.1) is 6.34 Å². The first-order valence-electron chi connectivity index (χ1n) is 6.29. The SMILES string of the molecule is ClC1N=CN(CCc2cccc3ccccc23)C1Cl. The lowest BCUT2D eigenvalue weighted by atomic mass is 10.0. The summed E-state index contributed by atoms with van der Waals surface area (Å²) in [5.74, 6) is 0. The minimum absolute atomic E-state index is 0.239. The maximum absolute atomic E-state index is 6.18. The summed E-state index contributed by atoms with van der Waals surface area (Å²) in [6, 6.07) is 14.8. The summed E-state index contributed by atoms with van der Waals surface area (Å²) in [5.41, 5.74) is 0.749. The van der Waals surface area contributed by atoms with Crippen molar-refractivity contribution in [1.82, 2.24) is 4.90 Å². The van der Waals surface area contributed by atoms with E-state index < -0.39 is 0 Å². The number of nitrogens with zero attached hydrogens (tertiary/aromatic N) is 2. The molecule has 98 valence electrons. The van der Waals surface area contributed by atoms with Crippen LogP contribution in [0.25, 0.3) is 10.8 Å². The lowest BCUT2D eigenvalue weighted by Gasteiger charge is -2.20. The molecule has 3 rings (SSSR count). The van der Waals surface area contributed by atoms with Crippen LogP contribution in [0.15, 0.2) is 47.5 Å². The zero-order valence-corrected chi connectivity index (χ0v) is 11.8. The first-order valence-corrected chi connectivity index (χ1v) is 7.17. The molecule has 1 aliphatic heterocycles. The van der Waals surface area contributed by atoms with Gasteiger partial charge in [0, 0.05) is 6.54 Å². The van der Waals surface area contributed by atoms with Gasteiger partial charge in [0.15, 0.2) is 5.50 Å². The summed E-state index contributed by atoms with van der Waals surface area (Å²) in [7, 11) is 0. The van der Waals surface area contributed by atoms with Crippen LogP contribution in [0, 0.1) is 0 Å². The Bertz CT molecular complexity index is 607. The van der Waals surface area contributed by atoms with Gasteiger partial charge in [-0.1, -0.05) is 65.7 Å². The molecule has 4 heteroatoms. The average Bonchev–Trinajstić information content (AvgIpc) is 2.76. The molecule has 1 heterocycles. The van der Waals surface area contributed by atoms with Gasteiger partial charge in [-0.05, 0) is 22.8 Å². The molecule has 2 aromatic carbocycles.